The van der Waals surface area contributed by atoms with Gasteiger partial charge >= 0.3 is 25.7 Å². The Morgan fingerprint density at radius 3 is 2.50 bits per heavy atom. The summed E-state index contributed by atoms with van der Waals surface area (Å²) in [4.78, 5) is 16.9. The van der Waals surface area contributed by atoms with Gasteiger partial charge in [0.1, 0.15) is 0 Å². The van der Waals surface area contributed by atoms with Crippen LogP contribution >= 0.6 is 30.4 Å². The van der Waals surface area contributed by atoms with Gasteiger partial charge in [-0.3, -0.25) is 0 Å². The van der Waals surface area contributed by atoms with E-state index in [2.05, 4.69) is 22.9 Å². The van der Waals surface area contributed by atoms with Crippen molar-refractivity contribution < 1.29 is 14.4 Å². The first-order valence-electron chi connectivity index (χ1n) is 3.64. The van der Waals surface area contributed by atoms with Crippen molar-refractivity contribution in [1.29, 1.82) is 0 Å². The molecule has 0 fully saturated rings. The molecule has 0 aromatic rings. The molecule has 4 N–H and O–H groups in total. The van der Waals surface area contributed by atoms with Crippen LogP contribution in [0.1, 0.15) is 0 Å². The molecule has 0 aliphatic heterocycles. The van der Waals surface area contributed by atoms with E-state index in [-0.39, 0.29) is 18.9 Å². The van der Waals surface area contributed by atoms with Gasteiger partial charge in [-0.05, 0) is 11.4 Å². The second kappa shape index (κ2) is 10.5. The fourth-order valence-corrected chi connectivity index (χ4v) is 2.16. The van der Waals surface area contributed by atoms with Crippen LogP contribution in [0.2, 0.25) is 0 Å². The molecule has 0 aromatic heterocycles. The first-order chi connectivity index (χ1) is 6.06. The van der Waals surface area contributed by atoms with Gasteiger partial charge in [-0.2, -0.15) is 0 Å². The minimum atomic E-state index is -3.89. The second-order valence-electron chi connectivity index (χ2n) is 2.15. The summed E-state index contributed by atoms with van der Waals surface area (Å²) in [5, 5.41) is 5.82. The fraction of sp³-hybridized carbons (Fsp3) is 0.800. The average Bonchev–Trinajstić information content (AvgIpc) is 2.01. The van der Waals surface area contributed by atoms with Gasteiger partial charge in [0, 0.05) is 25.4 Å². The van der Waals surface area contributed by atoms with E-state index in [0.29, 0.717) is 23.7 Å². The van der Waals surface area contributed by atoms with Crippen LogP contribution in [0, 0.1) is 0 Å². The van der Waals surface area contributed by atoms with Crippen LogP contribution in [-0.2, 0) is 4.57 Å². The van der Waals surface area contributed by atoms with E-state index < -0.39 is 6.80 Å². The van der Waals surface area contributed by atoms with E-state index in [9.17, 15) is 4.57 Å². The molecule has 0 saturated heterocycles. The van der Waals surface area contributed by atoms with Crippen LogP contribution in [0.15, 0.2) is 0 Å². The summed E-state index contributed by atoms with van der Waals surface area (Å²) in [5.74, 6) is 0.405. The third kappa shape index (κ3) is 15.4. The van der Waals surface area contributed by atoms with Crippen LogP contribution in [0.4, 0.5) is 0 Å². The van der Waals surface area contributed by atoms with Gasteiger partial charge in [-0.25, -0.2) is 4.57 Å². The van der Waals surface area contributed by atoms with Gasteiger partial charge in [-0.1, -0.05) is 12.2 Å². The predicted molar refractivity (Wildman–Crippen MR) is 66.2 cm³/mol. The monoisotopic (exact) mass is 252 g/mol. The van der Waals surface area contributed by atoms with Crippen molar-refractivity contribution in [2.24, 2.45) is 0 Å². The third-order valence-electron chi connectivity index (χ3n) is 1.07. The van der Waals surface area contributed by atoms with E-state index >= 15 is 0 Å². The van der Waals surface area contributed by atoms with Crippen LogP contribution < -0.4 is 10.6 Å². The predicted octanol–water partition coefficient (Wildman–Crippen LogP) is -0.700. The third-order valence-corrected chi connectivity index (χ3v) is 3.51. The molecule has 0 aliphatic rings. The summed E-state index contributed by atoms with van der Waals surface area (Å²) < 4.78 is 10.4. The Morgan fingerprint density at radius 1 is 1.36 bits per heavy atom. The zero-order valence-corrected chi connectivity index (χ0v) is 9.50. The van der Waals surface area contributed by atoms with Crippen LogP contribution in [0.25, 0.3) is 0 Å². The summed E-state index contributed by atoms with van der Waals surface area (Å²) in [6, 6.07) is 0. The Hall–Kier alpha value is 0.947. The van der Waals surface area contributed by atoms with Gasteiger partial charge < -0.3 is 20.4 Å². The molecule has 80 valence electrons. The molecule has 9 heteroatoms. The molecule has 0 radical (unpaired) electrons. The van der Waals surface area contributed by atoms with Gasteiger partial charge in [0.05, 0.1) is 5.49 Å². The van der Waals surface area contributed by atoms with Crippen molar-refractivity contribution in [2.75, 3.05) is 25.4 Å². The molecule has 0 aliphatic carbocycles. The fourth-order valence-electron chi connectivity index (χ4n) is 0.581. The summed E-state index contributed by atoms with van der Waals surface area (Å²) in [6.07, 6.45) is 0. The second-order valence-corrected chi connectivity index (χ2v) is 6.23. The molecule has 14 heavy (non-hydrogen) atoms. The van der Waals surface area contributed by atoms with E-state index in [0.717, 1.165) is 13.1 Å². The maximum absolute atomic E-state index is 10.4. The Morgan fingerprint density at radius 2 is 2.00 bits per heavy atom. The quantitative estimate of drug-likeness (QED) is 0.197. The Kier molecular flexibility index (Phi) is 13.0. The number of nitrogens with one attached hydrogen (secondary N) is 2. The summed E-state index contributed by atoms with van der Waals surface area (Å²) in [6.45, 7) is -1.85. The van der Waals surface area contributed by atoms with Gasteiger partial charge in [0.2, 0.25) is 0 Å². The molecule has 0 unspecified atom stereocenters. The molecule has 0 bridgehead atoms. The van der Waals surface area contributed by atoms with Crippen molar-refractivity contribution in [1.82, 2.24) is 10.6 Å². The summed E-state index contributed by atoms with van der Waals surface area (Å²) in [5.41, 5.74) is 1.44. The molecule has 0 rings (SSSR count). The Bertz CT molecular complexity index is 192. The zero-order valence-electron chi connectivity index (χ0n) is 6.97. The summed E-state index contributed by atoms with van der Waals surface area (Å²) in [7, 11) is 0. The van der Waals surface area contributed by atoms with Crippen molar-refractivity contribution in [2.45, 2.75) is 0 Å². The van der Waals surface area contributed by atoms with Crippen molar-refractivity contribution >= 4 is 54.7 Å². The van der Waals surface area contributed by atoms with Gasteiger partial charge in [-0.15, -0.1) is 0 Å². The van der Waals surface area contributed by atoms with E-state index in [1.165, 1.54) is 5.49 Å². The number of thiocarbonyl (C=S) groups is 1. The Balaban J connectivity index is 0. The van der Waals surface area contributed by atoms with Gasteiger partial charge in [0.15, 0.2) is 0 Å². The standard InChI is InChI=1S/C5H13N2O3PS2.Li.H/c8-11(9,10)13-4-3-6-1-2-7-5-12;;/h5-6H,1-4H2,(H,7,12)(H2,8,9,10);;. The molecule has 0 heterocycles. The summed E-state index contributed by atoms with van der Waals surface area (Å²) >= 11 is 5.18. The van der Waals surface area contributed by atoms with E-state index in [1.54, 1.807) is 0 Å². The van der Waals surface area contributed by atoms with Crippen molar-refractivity contribution in [3.05, 3.63) is 0 Å². The minimum absolute atomic E-state index is 0. The molecule has 0 spiro atoms. The van der Waals surface area contributed by atoms with E-state index in [4.69, 9.17) is 9.79 Å². The molecule has 0 amide bonds. The molecule has 0 saturated carbocycles. The van der Waals surface area contributed by atoms with Crippen molar-refractivity contribution in [3.63, 3.8) is 0 Å². The number of hydrogen-bond donors (Lipinski definition) is 4. The van der Waals surface area contributed by atoms with Crippen LogP contribution in [0.3, 0.4) is 0 Å². The van der Waals surface area contributed by atoms with Crippen LogP contribution in [-0.4, -0.2) is 59.5 Å². The molecule has 0 atom stereocenters. The Labute approximate surface area is 105 Å². The first kappa shape index (κ1) is 17.3. The normalized spacial score (nSPS) is 10.4. The maximum atomic E-state index is 10.4. The molecular weight excluding hydrogens is 238 g/mol. The molecule has 0 aromatic carbocycles. The van der Waals surface area contributed by atoms with E-state index in [1.807, 2.05) is 0 Å². The molecular formula is C5H14LiN2O3PS2. The van der Waals surface area contributed by atoms with Crippen molar-refractivity contribution in [3.8, 4) is 0 Å². The number of rotatable bonds is 8. The zero-order chi connectivity index (χ0) is 10.2. The SMILES string of the molecule is O=P(O)(O)SCCNCCNC=S.[LiH]. The van der Waals surface area contributed by atoms with Crippen LogP contribution in [0.5, 0.6) is 0 Å². The number of hydrogen-bond acceptors (Lipinski definition) is 4. The first-order valence-corrected chi connectivity index (χ1v) is 7.31. The topological polar surface area (TPSA) is 81.6 Å². The average molecular weight is 252 g/mol. The molecule has 5 nitrogen and oxygen atoms in total. The van der Waals surface area contributed by atoms with Gasteiger partial charge in [0.25, 0.3) is 0 Å².